The van der Waals surface area contributed by atoms with E-state index in [-0.39, 0.29) is 23.0 Å². The molecule has 1 aromatic heterocycles. The fourth-order valence-corrected chi connectivity index (χ4v) is 4.16. The molecular weight excluding hydrogens is 459 g/mol. The molecule has 168 valence electrons. The fraction of sp³-hybridized carbons (Fsp3) is 0.0769. The number of allylic oxidation sites excluding steroid dienone is 1. The zero-order valence-electron chi connectivity index (χ0n) is 17.8. The number of carbonyl (C=O) groups is 1. The highest BCUT2D eigenvalue weighted by Crippen LogP contribution is 2.43. The molecule has 0 saturated carbocycles. The van der Waals surface area contributed by atoms with Crippen LogP contribution in [0.4, 0.5) is 4.39 Å². The first kappa shape index (κ1) is 21.6. The van der Waals surface area contributed by atoms with Gasteiger partial charge in [-0.2, -0.15) is 5.26 Å². The third-order valence-corrected chi connectivity index (χ3v) is 5.94. The third-order valence-electron chi connectivity index (χ3n) is 5.69. The summed E-state index contributed by atoms with van der Waals surface area (Å²) in [7, 11) is 0. The molecule has 0 aliphatic carbocycles. The maximum Gasteiger partial charge on any atom is 0.379 e. The third kappa shape index (κ3) is 3.64. The van der Waals surface area contributed by atoms with Crippen LogP contribution >= 0.6 is 11.6 Å². The first-order valence-electron chi connectivity index (χ1n) is 10.2. The van der Waals surface area contributed by atoms with Crippen LogP contribution in [0.15, 0.2) is 76.5 Å². The summed E-state index contributed by atoms with van der Waals surface area (Å²) in [5, 5.41) is 10.7. The normalized spacial score (nSPS) is 14.9. The van der Waals surface area contributed by atoms with Gasteiger partial charge in [0, 0.05) is 27.6 Å². The summed E-state index contributed by atoms with van der Waals surface area (Å²) in [6.07, 6.45) is 0. The molecule has 1 atom stereocenters. The number of furan rings is 1. The Hall–Kier alpha value is -4.28. The lowest BCUT2D eigenvalue weighted by atomic mass is 9.83. The number of nitrogens with zero attached hydrogens (tertiary/aromatic N) is 1. The van der Waals surface area contributed by atoms with Gasteiger partial charge in [-0.1, -0.05) is 29.8 Å². The van der Waals surface area contributed by atoms with Gasteiger partial charge in [0.15, 0.2) is 0 Å². The summed E-state index contributed by atoms with van der Waals surface area (Å²) in [5.41, 5.74) is 8.65. The SMILES string of the molecule is Cc1c(C(=O)Oc2ccc3c(c2)OC(N)=C(C#N)C3c2ccc(Cl)cc2)oc2ccc(F)cc12. The van der Waals surface area contributed by atoms with Gasteiger partial charge < -0.3 is 19.6 Å². The molecule has 0 saturated heterocycles. The second-order valence-corrected chi connectivity index (χ2v) is 8.20. The van der Waals surface area contributed by atoms with Crippen LogP contribution in [0.5, 0.6) is 11.5 Å². The number of nitriles is 1. The number of carbonyl (C=O) groups excluding carboxylic acids is 1. The molecule has 5 rings (SSSR count). The fourth-order valence-electron chi connectivity index (χ4n) is 4.04. The largest absolute Gasteiger partial charge is 0.449 e. The maximum absolute atomic E-state index is 13.6. The highest BCUT2D eigenvalue weighted by atomic mass is 35.5. The van der Waals surface area contributed by atoms with Crippen LogP contribution in [0.3, 0.4) is 0 Å². The minimum atomic E-state index is -0.736. The van der Waals surface area contributed by atoms with Crippen molar-refractivity contribution in [2.75, 3.05) is 0 Å². The van der Waals surface area contributed by atoms with Gasteiger partial charge in [-0.15, -0.1) is 0 Å². The highest BCUT2D eigenvalue weighted by molar-refractivity contribution is 6.30. The smallest absolute Gasteiger partial charge is 0.379 e. The van der Waals surface area contributed by atoms with E-state index in [1.165, 1.54) is 24.3 Å². The molecule has 2 heterocycles. The molecule has 6 nitrogen and oxygen atoms in total. The summed E-state index contributed by atoms with van der Waals surface area (Å²) >= 11 is 6.01. The van der Waals surface area contributed by atoms with Crippen LogP contribution in [-0.2, 0) is 0 Å². The van der Waals surface area contributed by atoms with Crippen molar-refractivity contribution in [3.63, 3.8) is 0 Å². The van der Waals surface area contributed by atoms with Crippen LogP contribution in [0, 0.1) is 24.1 Å². The molecule has 0 bridgehead atoms. The predicted octanol–water partition coefficient (Wildman–Crippen LogP) is 5.97. The minimum Gasteiger partial charge on any atom is -0.449 e. The van der Waals surface area contributed by atoms with E-state index in [4.69, 9.17) is 31.2 Å². The molecule has 8 heteroatoms. The Morgan fingerprint density at radius 1 is 1.15 bits per heavy atom. The molecule has 1 aliphatic rings. The Balaban J connectivity index is 1.49. The molecule has 1 aliphatic heterocycles. The highest BCUT2D eigenvalue weighted by Gasteiger charge is 2.31. The molecule has 3 aromatic carbocycles. The van der Waals surface area contributed by atoms with Crippen molar-refractivity contribution in [3.05, 3.63) is 105 Å². The topological polar surface area (TPSA) is 98.5 Å². The predicted molar refractivity (Wildman–Crippen MR) is 123 cm³/mol. The lowest BCUT2D eigenvalue weighted by molar-refractivity contribution is 0.0702. The first-order valence-corrected chi connectivity index (χ1v) is 10.6. The number of esters is 1. The molecule has 34 heavy (non-hydrogen) atoms. The van der Waals surface area contributed by atoms with Crippen LogP contribution < -0.4 is 15.2 Å². The molecule has 2 N–H and O–H groups in total. The Labute approximate surface area is 198 Å². The van der Waals surface area contributed by atoms with Crippen LogP contribution in [0.25, 0.3) is 11.0 Å². The molecule has 0 amide bonds. The molecular formula is C26H16ClFN2O4. The van der Waals surface area contributed by atoms with Gasteiger partial charge in [-0.05, 0) is 48.9 Å². The van der Waals surface area contributed by atoms with Gasteiger partial charge in [0.05, 0.1) is 5.92 Å². The Bertz CT molecular complexity index is 1530. The van der Waals surface area contributed by atoms with Gasteiger partial charge in [0.2, 0.25) is 11.6 Å². The lowest BCUT2D eigenvalue weighted by Crippen LogP contribution is -2.21. The number of fused-ring (bicyclic) bond motifs is 2. The standard InChI is InChI=1S/C26H16ClFN2O4/c1-13-19-10-16(28)6-9-21(19)33-24(13)26(31)32-17-7-8-18-22(11-17)34-25(30)20(12-29)23(18)14-2-4-15(27)5-3-14/h2-11,23H,30H2,1H3. The van der Waals surface area contributed by atoms with Gasteiger partial charge in [-0.3, -0.25) is 0 Å². The molecule has 0 spiro atoms. The van der Waals surface area contributed by atoms with Gasteiger partial charge >= 0.3 is 5.97 Å². The number of hydrogen-bond donors (Lipinski definition) is 1. The van der Waals surface area contributed by atoms with E-state index in [0.717, 1.165) is 5.56 Å². The second kappa shape index (κ2) is 8.25. The van der Waals surface area contributed by atoms with E-state index in [1.807, 2.05) is 12.1 Å². The van der Waals surface area contributed by atoms with E-state index in [0.29, 0.717) is 32.9 Å². The zero-order valence-corrected chi connectivity index (χ0v) is 18.5. The summed E-state index contributed by atoms with van der Waals surface area (Å²) in [6.45, 7) is 1.66. The van der Waals surface area contributed by atoms with Crippen LogP contribution in [-0.4, -0.2) is 5.97 Å². The number of halogens is 2. The van der Waals surface area contributed by atoms with E-state index >= 15 is 0 Å². The van der Waals surface area contributed by atoms with Crippen molar-refractivity contribution < 1.29 is 23.1 Å². The quantitative estimate of drug-likeness (QED) is 0.290. The number of nitrogens with two attached hydrogens (primary N) is 1. The number of hydrogen-bond acceptors (Lipinski definition) is 6. The van der Waals surface area contributed by atoms with Gasteiger partial charge in [0.25, 0.3) is 0 Å². The van der Waals surface area contributed by atoms with Crippen molar-refractivity contribution in [1.82, 2.24) is 0 Å². The summed E-state index contributed by atoms with van der Waals surface area (Å²) in [4.78, 5) is 12.8. The summed E-state index contributed by atoms with van der Waals surface area (Å²) < 4.78 is 30.3. The number of aryl methyl sites for hydroxylation is 1. The monoisotopic (exact) mass is 474 g/mol. The molecule has 1 unspecified atom stereocenters. The van der Waals surface area contributed by atoms with Crippen LogP contribution in [0.2, 0.25) is 5.02 Å². The number of ether oxygens (including phenoxy) is 2. The Morgan fingerprint density at radius 3 is 2.65 bits per heavy atom. The number of rotatable bonds is 3. The lowest BCUT2D eigenvalue weighted by Gasteiger charge is -2.26. The van der Waals surface area contributed by atoms with Crippen LogP contribution in [0.1, 0.15) is 33.2 Å². The summed E-state index contributed by atoms with van der Waals surface area (Å²) in [6, 6.07) is 18.1. The summed E-state index contributed by atoms with van der Waals surface area (Å²) in [5.74, 6) is -1.15. The molecule has 0 radical (unpaired) electrons. The maximum atomic E-state index is 13.6. The van der Waals surface area contributed by atoms with Crippen molar-refractivity contribution in [3.8, 4) is 17.6 Å². The molecule has 4 aromatic rings. The average Bonchev–Trinajstić information content (AvgIpc) is 3.14. The average molecular weight is 475 g/mol. The van der Waals surface area contributed by atoms with Crippen molar-refractivity contribution >= 4 is 28.5 Å². The van der Waals surface area contributed by atoms with E-state index in [2.05, 4.69) is 6.07 Å². The molecule has 0 fully saturated rings. The zero-order chi connectivity index (χ0) is 24.0. The number of benzene rings is 3. The Morgan fingerprint density at radius 2 is 1.91 bits per heavy atom. The van der Waals surface area contributed by atoms with E-state index in [1.54, 1.807) is 31.2 Å². The van der Waals surface area contributed by atoms with Crippen molar-refractivity contribution in [2.45, 2.75) is 12.8 Å². The van der Waals surface area contributed by atoms with E-state index < -0.39 is 17.7 Å². The second-order valence-electron chi connectivity index (χ2n) is 7.76. The van der Waals surface area contributed by atoms with E-state index in [9.17, 15) is 14.4 Å². The Kier molecular flexibility index (Phi) is 5.23. The van der Waals surface area contributed by atoms with Gasteiger partial charge in [0.1, 0.15) is 34.5 Å². The van der Waals surface area contributed by atoms with Crippen molar-refractivity contribution in [1.29, 1.82) is 5.26 Å². The first-order chi connectivity index (χ1) is 16.4. The van der Waals surface area contributed by atoms with Gasteiger partial charge in [-0.25, -0.2) is 9.18 Å². The van der Waals surface area contributed by atoms with Crippen molar-refractivity contribution in [2.24, 2.45) is 5.73 Å². The minimum absolute atomic E-state index is 0.0237.